The molecule has 0 saturated carbocycles. The standard InChI is InChI=1S/C14H18F2N2O2/c15-14(16)20-12-8-4-3-6-10(12)18-13(19)11-7-2-1-5-9-17-11/h3-4,6,8,11,14,17H,1-2,5,7,9H2,(H,18,19). The molecule has 0 spiro atoms. The van der Waals surface area contributed by atoms with Crippen LogP contribution in [0, 0.1) is 0 Å². The van der Waals surface area contributed by atoms with Gasteiger partial charge in [-0.25, -0.2) is 0 Å². The fraction of sp³-hybridized carbons (Fsp3) is 0.500. The van der Waals surface area contributed by atoms with Crippen LogP contribution < -0.4 is 15.4 Å². The average Bonchev–Trinajstić information content (AvgIpc) is 2.69. The third kappa shape index (κ3) is 4.16. The third-order valence-corrected chi connectivity index (χ3v) is 3.24. The summed E-state index contributed by atoms with van der Waals surface area (Å²) in [5, 5.41) is 5.81. The number of nitrogens with one attached hydrogen (secondary N) is 2. The number of anilines is 1. The first-order valence-electron chi connectivity index (χ1n) is 6.75. The predicted octanol–water partition coefficient (Wildman–Crippen LogP) is 2.76. The zero-order valence-electron chi connectivity index (χ0n) is 11.1. The Morgan fingerprint density at radius 2 is 2.10 bits per heavy atom. The summed E-state index contributed by atoms with van der Waals surface area (Å²) in [6.45, 7) is -2.11. The molecule has 0 bridgehead atoms. The Kier molecular flexibility index (Phi) is 5.29. The summed E-state index contributed by atoms with van der Waals surface area (Å²) >= 11 is 0. The fourth-order valence-corrected chi connectivity index (χ4v) is 2.24. The Bertz CT molecular complexity index is 447. The van der Waals surface area contributed by atoms with E-state index in [1.807, 2.05) is 0 Å². The van der Waals surface area contributed by atoms with E-state index in [0.717, 1.165) is 32.2 Å². The number of hydrogen-bond acceptors (Lipinski definition) is 3. The molecule has 2 rings (SSSR count). The molecule has 2 N–H and O–H groups in total. The smallest absolute Gasteiger partial charge is 0.387 e. The van der Waals surface area contributed by atoms with Gasteiger partial charge in [0.1, 0.15) is 5.75 Å². The Hall–Kier alpha value is -1.69. The Morgan fingerprint density at radius 3 is 2.90 bits per heavy atom. The van der Waals surface area contributed by atoms with Crippen LogP contribution in [-0.2, 0) is 4.79 Å². The third-order valence-electron chi connectivity index (χ3n) is 3.24. The molecule has 0 aromatic heterocycles. The van der Waals surface area contributed by atoms with Gasteiger partial charge in [0.05, 0.1) is 11.7 Å². The normalized spacial score (nSPS) is 19.4. The van der Waals surface area contributed by atoms with E-state index in [9.17, 15) is 13.6 Å². The van der Waals surface area contributed by atoms with Crippen LogP contribution in [0.5, 0.6) is 5.75 Å². The summed E-state index contributed by atoms with van der Waals surface area (Å²) in [5.74, 6) is -0.235. The topological polar surface area (TPSA) is 50.4 Å². The van der Waals surface area contributed by atoms with Crippen molar-refractivity contribution in [3.8, 4) is 5.75 Å². The maximum Gasteiger partial charge on any atom is 0.387 e. The minimum absolute atomic E-state index is 0.0236. The first-order valence-corrected chi connectivity index (χ1v) is 6.75. The van der Waals surface area contributed by atoms with Crippen LogP contribution in [0.3, 0.4) is 0 Å². The summed E-state index contributed by atoms with van der Waals surface area (Å²) in [6, 6.07) is 5.91. The molecule has 20 heavy (non-hydrogen) atoms. The molecular formula is C14H18F2N2O2. The molecule has 1 unspecified atom stereocenters. The van der Waals surface area contributed by atoms with E-state index in [0.29, 0.717) is 0 Å². The number of ether oxygens (including phenoxy) is 1. The van der Waals surface area contributed by atoms with Gasteiger partial charge in [-0.1, -0.05) is 25.0 Å². The molecule has 1 saturated heterocycles. The van der Waals surface area contributed by atoms with Crippen molar-refractivity contribution >= 4 is 11.6 Å². The highest BCUT2D eigenvalue weighted by Gasteiger charge is 2.20. The van der Waals surface area contributed by atoms with Crippen LogP contribution in [0.2, 0.25) is 0 Å². The zero-order chi connectivity index (χ0) is 14.4. The summed E-state index contributed by atoms with van der Waals surface area (Å²) in [4.78, 5) is 12.1. The molecule has 6 heteroatoms. The molecule has 1 aliphatic rings. The first kappa shape index (κ1) is 14.7. The largest absolute Gasteiger partial charge is 0.433 e. The Morgan fingerprint density at radius 1 is 1.30 bits per heavy atom. The van der Waals surface area contributed by atoms with Gasteiger partial charge in [-0.15, -0.1) is 0 Å². The molecule has 1 aliphatic heterocycles. The van der Waals surface area contributed by atoms with Crippen molar-refractivity contribution in [3.05, 3.63) is 24.3 Å². The van der Waals surface area contributed by atoms with Crippen molar-refractivity contribution in [2.75, 3.05) is 11.9 Å². The quantitative estimate of drug-likeness (QED) is 0.894. The van der Waals surface area contributed by atoms with Crippen molar-refractivity contribution in [2.24, 2.45) is 0 Å². The predicted molar refractivity (Wildman–Crippen MR) is 72.0 cm³/mol. The zero-order valence-corrected chi connectivity index (χ0v) is 11.1. The molecule has 1 aromatic carbocycles. The second-order valence-corrected chi connectivity index (χ2v) is 4.72. The second-order valence-electron chi connectivity index (χ2n) is 4.72. The van der Waals surface area contributed by atoms with Crippen molar-refractivity contribution in [1.29, 1.82) is 0 Å². The van der Waals surface area contributed by atoms with Gasteiger partial charge in [-0.3, -0.25) is 4.79 Å². The fourth-order valence-electron chi connectivity index (χ4n) is 2.24. The van der Waals surface area contributed by atoms with E-state index in [-0.39, 0.29) is 23.4 Å². The van der Waals surface area contributed by atoms with Crippen LogP contribution in [0.15, 0.2) is 24.3 Å². The number of rotatable bonds is 4. The van der Waals surface area contributed by atoms with E-state index < -0.39 is 6.61 Å². The average molecular weight is 284 g/mol. The summed E-state index contributed by atoms with van der Waals surface area (Å²) in [7, 11) is 0. The van der Waals surface area contributed by atoms with Crippen LogP contribution in [-0.4, -0.2) is 25.1 Å². The van der Waals surface area contributed by atoms with Crippen molar-refractivity contribution in [2.45, 2.75) is 38.3 Å². The number of halogens is 2. The Balaban J connectivity index is 2.03. The number of hydrogen-bond donors (Lipinski definition) is 2. The lowest BCUT2D eigenvalue weighted by Gasteiger charge is -2.17. The first-order chi connectivity index (χ1) is 9.66. The van der Waals surface area contributed by atoms with Crippen molar-refractivity contribution < 1.29 is 18.3 Å². The molecule has 4 nitrogen and oxygen atoms in total. The van der Waals surface area contributed by atoms with E-state index in [2.05, 4.69) is 15.4 Å². The second kappa shape index (κ2) is 7.19. The highest BCUT2D eigenvalue weighted by atomic mass is 19.3. The molecule has 1 fully saturated rings. The van der Waals surface area contributed by atoms with Gasteiger partial charge in [0.25, 0.3) is 0 Å². The minimum atomic E-state index is -2.91. The van der Waals surface area contributed by atoms with Crippen molar-refractivity contribution in [3.63, 3.8) is 0 Å². The maximum atomic E-state index is 12.3. The van der Waals surface area contributed by atoms with E-state index >= 15 is 0 Å². The lowest BCUT2D eigenvalue weighted by molar-refractivity contribution is -0.118. The molecule has 0 aliphatic carbocycles. The number of amides is 1. The van der Waals surface area contributed by atoms with E-state index in [1.165, 1.54) is 6.07 Å². The number of benzene rings is 1. The lowest BCUT2D eigenvalue weighted by Crippen LogP contribution is -2.39. The van der Waals surface area contributed by atoms with Crippen LogP contribution in [0.1, 0.15) is 25.7 Å². The minimum Gasteiger partial charge on any atom is -0.433 e. The number of carbonyl (C=O) groups is 1. The van der Waals surface area contributed by atoms with Crippen LogP contribution in [0.25, 0.3) is 0 Å². The molecule has 1 amide bonds. The molecule has 1 atom stereocenters. The summed E-state index contributed by atoms with van der Waals surface area (Å²) in [6.07, 6.45) is 3.89. The van der Waals surface area contributed by atoms with Crippen LogP contribution in [0.4, 0.5) is 14.5 Å². The lowest BCUT2D eigenvalue weighted by atomic mass is 10.1. The molecular weight excluding hydrogens is 266 g/mol. The van der Waals surface area contributed by atoms with Gasteiger partial charge in [-0.2, -0.15) is 8.78 Å². The van der Waals surface area contributed by atoms with Gasteiger partial charge in [0, 0.05) is 0 Å². The van der Waals surface area contributed by atoms with Gasteiger partial charge in [0.15, 0.2) is 0 Å². The SMILES string of the molecule is O=C(Nc1ccccc1OC(F)F)C1CCCCCN1. The summed E-state index contributed by atoms with van der Waals surface area (Å²) in [5.41, 5.74) is 0.267. The molecule has 1 heterocycles. The van der Waals surface area contributed by atoms with Crippen molar-refractivity contribution in [1.82, 2.24) is 5.32 Å². The van der Waals surface area contributed by atoms with Gasteiger partial charge in [0.2, 0.25) is 5.91 Å². The number of alkyl halides is 2. The van der Waals surface area contributed by atoms with Gasteiger partial charge >= 0.3 is 6.61 Å². The molecule has 1 aromatic rings. The summed E-state index contributed by atoms with van der Waals surface area (Å²) < 4.78 is 29.0. The number of para-hydroxylation sites is 2. The highest BCUT2D eigenvalue weighted by molar-refractivity contribution is 5.96. The van der Waals surface area contributed by atoms with Gasteiger partial charge < -0.3 is 15.4 Å². The van der Waals surface area contributed by atoms with Gasteiger partial charge in [-0.05, 0) is 31.5 Å². The Labute approximate surface area is 116 Å². The maximum absolute atomic E-state index is 12.3. The highest BCUT2D eigenvalue weighted by Crippen LogP contribution is 2.25. The van der Waals surface area contributed by atoms with Crippen LogP contribution >= 0.6 is 0 Å². The number of carbonyl (C=O) groups excluding carboxylic acids is 1. The molecule has 110 valence electrons. The van der Waals surface area contributed by atoms with E-state index in [1.54, 1.807) is 18.2 Å². The molecule has 0 radical (unpaired) electrons. The van der Waals surface area contributed by atoms with E-state index in [4.69, 9.17) is 0 Å². The monoisotopic (exact) mass is 284 g/mol.